The van der Waals surface area contributed by atoms with Crippen LogP contribution in [0, 0.1) is 6.92 Å². The number of benzene rings is 3. The van der Waals surface area contributed by atoms with Crippen LogP contribution in [-0.2, 0) is 11.4 Å². The zero-order valence-corrected chi connectivity index (χ0v) is 17.6. The molecule has 6 heteroatoms. The zero-order valence-electron chi connectivity index (χ0n) is 16.9. The first-order valence-corrected chi connectivity index (χ1v) is 9.89. The number of hydrogen-bond acceptors (Lipinski definition) is 3. The van der Waals surface area contributed by atoms with Crippen LogP contribution < -0.4 is 10.1 Å². The van der Waals surface area contributed by atoms with Crippen molar-refractivity contribution in [1.29, 1.82) is 0 Å². The molecule has 0 aliphatic rings. The Morgan fingerprint density at radius 3 is 2.37 bits per heavy atom. The lowest BCUT2D eigenvalue weighted by molar-refractivity contribution is -0.116. The Morgan fingerprint density at radius 2 is 1.63 bits per heavy atom. The molecule has 5 nitrogen and oxygen atoms in total. The Balaban J connectivity index is 1.64. The molecule has 2 amide bonds. The summed E-state index contributed by atoms with van der Waals surface area (Å²) in [6.45, 7) is 2.14. The Labute approximate surface area is 181 Å². The van der Waals surface area contributed by atoms with Gasteiger partial charge in [-0.25, -0.2) is 0 Å². The first-order chi connectivity index (χ1) is 14.4. The highest BCUT2D eigenvalue weighted by atomic mass is 35.5. The molecule has 0 aliphatic carbocycles. The third-order valence-corrected chi connectivity index (χ3v) is 4.89. The molecule has 0 bridgehead atoms. The van der Waals surface area contributed by atoms with E-state index in [1.54, 1.807) is 37.4 Å². The number of rotatable bonds is 7. The zero-order chi connectivity index (χ0) is 21.5. The number of carbonyl (C=O) groups excluding carboxylic acids is 2. The van der Waals surface area contributed by atoms with Gasteiger partial charge >= 0.3 is 0 Å². The lowest BCUT2D eigenvalue weighted by Gasteiger charge is -2.19. The molecule has 0 aliphatic heterocycles. The quantitative estimate of drug-likeness (QED) is 0.586. The van der Waals surface area contributed by atoms with Crippen molar-refractivity contribution in [3.05, 3.63) is 94.5 Å². The van der Waals surface area contributed by atoms with Gasteiger partial charge in [0.2, 0.25) is 5.91 Å². The molecule has 0 fully saturated rings. The van der Waals surface area contributed by atoms with E-state index in [1.165, 1.54) is 4.90 Å². The number of likely N-dealkylation sites (N-methyl/N-ethyl adjacent to an activating group) is 1. The summed E-state index contributed by atoms with van der Waals surface area (Å²) in [4.78, 5) is 26.6. The average molecular weight is 423 g/mol. The number of ether oxygens (including phenoxy) is 1. The summed E-state index contributed by atoms with van der Waals surface area (Å²) in [5.74, 6) is -0.138. The van der Waals surface area contributed by atoms with E-state index in [2.05, 4.69) is 5.32 Å². The topological polar surface area (TPSA) is 58.6 Å². The van der Waals surface area contributed by atoms with Crippen molar-refractivity contribution in [1.82, 2.24) is 4.90 Å². The third kappa shape index (κ3) is 5.61. The molecule has 0 saturated carbocycles. The number of halogens is 1. The second-order valence-electron chi connectivity index (χ2n) is 6.95. The molecule has 0 saturated heterocycles. The second kappa shape index (κ2) is 9.94. The Bertz CT molecular complexity index is 1030. The predicted molar refractivity (Wildman–Crippen MR) is 119 cm³/mol. The number of carbonyl (C=O) groups is 2. The number of nitrogens with one attached hydrogen (secondary N) is 1. The monoisotopic (exact) mass is 422 g/mol. The minimum Gasteiger partial charge on any atom is -0.488 e. The van der Waals surface area contributed by atoms with Crippen LogP contribution in [0.2, 0.25) is 5.02 Å². The molecule has 0 spiro atoms. The number of nitrogens with zero attached hydrogens (tertiary/aromatic N) is 1. The standard InChI is InChI=1S/C24H23ClN2O3/c1-17-11-13-19(14-12-17)26-23(28)15-27(2)24(29)20-8-4-6-10-22(20)30-16-18-7-3-5-9-21(18)25/h3-14H,15-16H2,1-2H3,(H,26,28). The van der Waals surface area contributed by atoms with Crippen LogP contribution in [-0.4, -0.2) is 30.3 Å². The van der Waals surface area contributed by atoms with Gasteiger partial charge in [-0.15, -0.1) is 0 Å². The summed E-state index contributed by atoms with van der Waals surface area (Å²) < 4.78 is 5.85. The van der Waals surface area contributed by atoms with Crippen LogP contribution in [0.15, 0.2) is 72.8 Å². The summed E-state index contributed by atoms with van der Waals surface area (Å²) in [6, 6.07) is 21.8. The molecule has 0 unspecified atom stereocenters. The van der Waals surface area contributed by atoms with Gasteiger partial charge in [0.25, 0.3) is 5.91 Å². The van der Waals surface area contributed by atoms with Crippen LogP contribution in [0.1, 0.15) is 21.5 Å². The maximum absolute atomic E-state index is 12.9. The van der Waals surface area contributed by atoms with E-state index in [0.717, 1.165) is 11.1 Å². The van der Waals surface area contributed by atoms with Crippen molar-refractivity contribution in [3.8, 4) is 5.75 Å². The smallest absolute Gasteiger partial charge is 0.257 e. The van der Waals surface area contributed by atoms with Crippen molar-refractivity contribution >= 4 is 29.1 Å². The van der Waals surface area contributed by atoms with Crippen LogP contribution in [0.3, 0.4) is 0 Å². The van der Waals surface area contributed by atoms with Crippen LogP contribution >= 0.6 is 11.6 Å². The number of amides is 2. The molecule has 154 valence electrons. The van der Waals surface area contributed by atoms with E-state index in [9.17, 15) is 9.59 Å². The Hall–Kier alpha value is -3.31. The second-order valence-corrected chi connectivity index (χ2v) is 7.36. The molecule has 0 radical (unpaired) electrons. The molecular weight excluding hydrogens is 400 g/mol. The fourth-order valence-corrected chi connectivity index (χ4v) is 3.06. The van der Waals surface area contributed by atoms with Crippen LogP contribution in [0.4, 0.5) is 5.69 Å². The fourth-order valence-electron chi connectivity index (χ4n) is 2.87. The molecule has 3 aromatic carbocycles. The van der Waals surface area contributed by atoms with Gasteiger partial charge in [0, 0.05) is 23.3 Å². The number of hydrogen-bond donors (Lipinski definition) is 1. The molecule has 3 rings (SSSR count). The normalized spacial score (nSPS) is 10.4. The molecule has 1 N–H and O–H groups in total. The lowest BCUT2D eigenvalue weighted by Crippen LogP contribution is -2.35. The summed E-state index contributed by atoms with van der Waals surface area (Å²) in [6.07, 6.45) is 0. The summed E-state index contributed by atoms with van der Waals surface area (Å²) in [5.41, 5.74) is 3.01. The highest BCUT2D eigenvalue weighted by Gasteiger charge is 2.19. The van der Waals surface area contributed by atoms with E-state index in [-0.39, 0.29) is 25.0 Å². The Morgan fingerprint density at radius 1 is 0.967 bits per heavy atom. The van der Waals surface area contributed by atoms with Gasteiger partial charge in [-0.1, -0.05) is 59.6 Å². The summed E-state index contributed by atoms with van der Waals surface area (Å²) >= 11 is 6.18. The summed E-state index contributed by atoms with van der Waals surface area (Å²) in [5, 5.41) is 3.40. The third-order valence-electron chi connectivity index (χ3n) is 4.52. The highest BCUT2D eigenvalue weighted by molar-refractivity contribution is 6.31. The van der Waals surface area contributed by atoms with E-state index >= 15 is 0 Å². The molecule has 0 heterocycles. The van der Waals surface area contributed by atoms with Crippen LogP contribution in [0.25, 0.3) is 0 Å². The van der Waals surface area contributed by atoms with Gasteiger partial charge in [-0.2, -0.15) is 0 Å². The van der Waals surface area contributed by atoms with Crippen molar-refractivity contribution in [2.45, 2.75) is 13.5 Å². The maximum atomic E-state index is 12.9. The SMILES string of the molecule is Cc1ccc(NC(=O)CN(C)C(=O)c2ccccc2OCc2ccccc2Cl)cc1. The molecule has 30 heavy (non-hydrogen) atoms. The van der Waals surface area contributed by atoms with E-state index in [0.29, 0.717) is 22.0 Å². The molecule has 0 atom stereocenters. The first-order valence-electron chi connectivity index (χ1n) is 9.51. The largest absolute Gasteiger partial charge is 0.488 e. The number of aryl methyl sites for hydroxylation is 1. The van der Waals surface area contributed by atoms with Gasteiger partial charge in [-0.3, -0.25) is 9.59 Å². The van der Waals surface area contributed by atoms with E-state index in [1.807, 2.05) is 49.4 Å². The van der Waals surface area contributed by atoms with Gasteiger partial charge < -0.3 is 15.0 Å². The summed E-state index contributed by atoms with van der Waals surface area (Å²) in [7, 11) is 1.59. The predicted octanol–water partition coefficient (Wildman–Crippen LogP) is 4.94. The van der Waals surface area contributed by atoms with Gasteiger partial charge in [0.15, 0.2) is 0 Å². The fraction of sp³-hybridized carbons (Fsp3) is 0.167. The van der Waals surface area contributed by atoms with Crippen LogP contribution in [0.5, 0.6) is 5.75 Å². The molecule has 3 aromatic rings. The van der Waals surface area contributed by atoms with Crippen molar-refractivity contribution in [2.24, 2.45) is 0 Å². The van der Waals surface area contributed by atoms with Crippen molar-refractivity contribution < 1.29 is 14.3 Å². The van der Waals surface area contributed by atoms with Crippen molar-refractivity contribution in [2.75, 3.05) is 18.9 Å². The van der Waals surface area contributed by atoms with Gasteiger partial charge in [0.05, 0.1) is 12.1 Å². The lowest BCUT2D eigenvalue weighted by atomic mass is 10.1. The minimum absolute atomic E-state index is 0.0778. The first kappa shape index (κ1) is 21.4. The molecule has 0 aromatic heterocycles. The van der Waals surface area contributed by atoms with Gasteiger partial charge in [0.1, 0.15) is 12.4 Å². The van der Waals surface area contributed by atoms with E-state index < -0.39 is 0 Å². The van der Waals surface area contributed by atoms with Gasteiger partial charge in [-0.05, 0) is 37.3 Å². The number of anilines is 1. The maximum Gasteiger partial charge on any atom is 0.257 e. The molecular formula is C24H23ClN2O3. The number of para-hydroxylation sites is 1. The minimum atomic E-state index is -0.302. The van der Waals surface area contributed by atoms with E-state index in [4.69, 9.17) is 16.3 Å². The Kier molecular flexibility index (Phi) is 7.09. The van der Waals surface area contributed by atoms with Crippen molar-refractivity contribution in [3.63, 3.8) is 0 Å². The highest BCUT2D eigenvalue weighted by Crippen LogP contribution is 2.23. The average Bonchev–Trinajstić information content (AvgIpc) is 2.74.